The van der Waals surface area contributed by atoms with Crippen molar-refractivity contribution >= 4 is 18.0 Å². The number of benzene rings is 3. The Bertz CT molecular complexity index is 794. The molecule has 0 aliphatic heterocycles. The minimum atomic E-state index is 0.723. The van der Waals surface area contributed by atoms with Crippen LogP contribution >= 0.6 is 11.8 Å². The molecule has 0 aliphatic rings. The van der Waals surface area contributed by atoms with Crippen molar-refractivity contribution in [1.29, 1.82) is 0 Å². The molecule has 0 aromatic heterocycles. The largest absolute Gasteiger partial charge is 0.298 e. The second kappa shape index (κ2) is 6.63. The highest BCUT2D eigenvalue weighted by molar-refractivity contribution is 7.99. The minimum absolute atomic E-state index is 0.723. The predicted octanol–water partition coefficient (Wildman–Crippen LogP) is 5.63. The van der Waals surface area contributed by atoms with Gasteiger partial charge in [-0.3, -0.25) is 4.79 Å². The van der Waals surface area contributed by atoms with Crippen molar-refractivity contribution in [2.75, 3.05) is 0 Å². The molecule has 0 spiro atoms. The zero-order valence-corrected chi connectivity index (χ0v) is 13.1. The van der Waals surface area contributed by atoms with Crippen LogP contribution in [0.3, 0.4) is 0 Å². The first-order valence-corrected chi connectivity index (χ1v) is 7.98. The van der Waals surface area contributed by atoms with Crippen molar-refractivity contribution in [1.82, 2.24) is 0 Å². The number of hydrogen-bond donors (Lipinski definition) is 0. The molecule has 0 saturated carbocycles. The van der Waals surface area contributed by atoms with E-state index in [1.807, 2.05) is 54.6 Å². The Morgan fingerprint density at radius 3 is 2.32 bits per heavy atom. The SMILES string of the molecule is Cc1ccccc1Sc1ccc(C=O)c(-c2ccccc2)c1. The molecule has 0 heterocycles. The zero-order chi connectivity index (χ0) is 15.4. The third kappa shape index (κ3) is 3.12. The summed E-state index contributed by atoms with van der Waals surface area (Å²) in [4.78, 5) is 13.7. The minimum Gasteiger partial charge on any atom is -0.298 e. The predicted molar refractivity (Wildman–Crippen MR) is 92.6 cm³/mol. The van der Waals surface area contributed by atoms with Gasteiger partial charge in [0.25, 0.3) is 0 Å². The number of hydrogen-bond acceptors (Lipinski definition) is 2. The van der Waals surface area contributed by atoms with Crippen LogP contribution in [0.25, 0.3) is 11.1 Å². The smallest absolute Gasteiger partial charge is 0.150 e. The Morgan fingerprint density at radius 2 is 1.59 bits per heavy atom. The quantitative estimate of drug-likeness (QED) is 0.581. The summed E-state index contributed by atoms with van der Waals surface area (Å²) in [6, 6.07) is 24.4. The maximum atomic E-state index is 11.3. The van der Waals surface area contributed by atoms with Crippen molar-refractivity contribution in [3.05, 3.63) is 83.9 Å². The molecule has 1 nitrogen and oxygen atoms in total. The summed E-state index contributed by atoms with van der Waals surface area (Å²) >= 11 is 1.73. The molecule has 2 heteroatoms. The van der Waals surface area contributed by atoms with Gasteiger partial charge in [-0.2, -0.15) is 0 Å². The van der Waals surface area contributed by atoms with E-state index in [0.717, 1.165) is 27.9 Å². The number of aldehydes is 1. The molecule has 3 aromatic rings. The highest BCUT2D eigenvalue weighted by Gasteiger charge is 2.07. The molecule has 0 fully saturated rings. The lowest BCUT2D eigenvalue weighted by atomic mass is 10.0. The Hall–Kier alpha value is -2.32. The standard InChI is InChI=1S/C20H16OS/c1-15-7-5-6-10-20(15)22-18-12-11-17(14-21)19(13-18)16-8-3-2-4-9-16/h2-14H,1H3. The molecule has 0 unspecified atom stereocenters. The third-order valence-corrected chi connectivity index (χ3v) is 4.73. The monoisotopic (exact) mass is 304 g/mol. The first-order chi connectivity index (χ1) is 10.8. The number of carbonyl (C=O) groups excluding carboxylic acids is 1. The van der Waals surface area contributed by atoms with E-state index >= 15 is 0 Å². The number of carbonyl (C=O) groups is 1. The van der Waals surface area contributed by atoms with Crippen molar-refractivity contribution in [2.24, 2.45) is 0 Å². The van der Waals surface area contributed by atoms with E-state index in [4.69, 9.17) is 0 Å². The van der Waals surface area contributed by atoms with E-state index in [-0.39, 0.29) is 0 Å². The van der Waals surface area contributed by atoms with Crippen LogP contribution in [-0.4, -0.2) is 6.29 Å². The summed E-state index contributed by atoms with van der Waals surface area (Å²) in [6.07, 6.45) is 0.921. The molecular formula is C20H16OS. The van der Waals surface area contributed by atoms with Gasteiger partial charge in [0.05, 0.1) is 0 Å². The van der Waals surface area contributed by atoms with Crippen molar-refractivity contribution in [3.63, 3.8) is 0 Å². The highest BCUT2D eigenvalue weighted by atomic mass is 32.2. The van der Waals surface area contributed by atoms with Crippen LogP contribution < -0.4 is 0 Å². The average Bonchev–Trinajstić information content (AvgIpc) is 2.58. The average molecular weight is 304 g/mol. The van der Waals surface area contributed by atoms with Crippen molar-refractivity contribution in [2.45, 2.75) is 16.7 Å². The highest BCUT2D eigenvalue weighted by Crippen LogP contribution is 2.34. The van der Waals surface area contributed by atoms with Gasteiger partial charge < -0.3 is 0 Å². The summed E-state index contributed by atoms with van der Waals surface area (Å²) in [5.41, 5.74) is 4.03. The molecule has 3 aromatic carbocycles. The van der Waals surface area contributed by atoms with Crippen LogP contribution in [0.4, 0.5) is 0 Å². The van der Waals surface area contributed by atoms with E-state index in [0.29, 0.717) is 0 Å². The van der Waals surface area contributed by atoms with E-state index < -0.39 is 0 Å². The second-order valence-electron chi connectivity index (χ2n) is 5.10. The first-order valence-electron chi connectivity index (χ1n) is 7.16. The van der Waals surface area contributed by atoms with E-state index in [1.54, 1.807) is 11.8 Å². The van der Waals surface area contributed by atoms with Crippen LogP contribution in [0.2, 0.25) is 0 Å². The Kier molecular flexibility index (Phi) is 4.40. The van der Waals surface area contributed by atoms with Gasteiger partial charge in [0.2, 0.25) is 0 Å². The summed E-state index contributed by atoms with van der Waals surface area (Å²) in [5, 5.41) is 0. The third-order valence-electron chi connectivity index (χ3n) is 3.56. The van der Waals surface area contributed by atoms with Crippen molar-refractivity contribution < 1.29 is 4.79 Å². The fourth-order valence-corrected chi connectivity index (χ4v) is 3.31. The van der Waals surface area contributed by atoms with Crippen LogP contribution in [-0.2, 0) is 0 Å². The molecule has 0 radical (unpaired) electrons. The molecular weight excluding hydrogens is 288 g/mol. The van der Waals surface area contributed by atoms with Gasteiger partial charge in [0.15, 0.2) is 6.29 Å². The second-order valence-corrected chi connectivity index (χ2v) is 6.22. The van der Waals surface area contributed by atoms with Crippen LogP contribution in [0.15, 0.2) is 82.6 Å². The number of aryl methyl sites for hydroxylation is 1. The molecule has 0 bridgehead atoms. The molecule has 3 rings (SSSR count). The van der Waals surface area contributed by atoms with Gasteiger partial charge in [-0.05, 0) is 47.9 Å². The fourth-order valence-electron chi connectivity index (χ4n) is 2.37. The summed E-state index contributed by atoms with van der Waals surface area (Å²) < 4.78 is 0. The Morgan fingerprint density at radius 1 is 0.864 bits per heavy atom. The summed E-state index contributed by atoms with van der Waals surface area (Å²) in [6.45, 7) is 2.11. The van der Waals surface area contributed by atoms with Crippen molar-refractivity contribution in [3.8, 4) is 11.1 Å². The maximum Gasteiger partial charge on any atom is 0.150 e. The molecule has 0 saturated heterocycles. The molecule has 0 aliphatic carbocycles. The van der Waals surface area contributed by atoms with Gasteiger partial charge in [-0.25, -0.2) is 0 Å². The maximum absolute atomic E-state index is 11.3. The molecule has 22 heavy (non-hydrogen) atoms. The van der Waals surface area contributed by atoms with Gasteiger partial charge >= 0.3 is 0 Å². The lowest BCUT2D eigenvalue weighted by molar-refractivity contribution is 0.112. The molecule has 108 valence electrons. The Labute approximate surface area is 135 Å². The molecule has 0 atom stereocenters. The van der Waals surface area contributed by atoms with E-state index in [9.17, 15) is 4.79 Å². The fraction of sp³-hybridized carbons (Fsp3) is 0.0500. The summed E-state index contributed by atoms with van der Waals surface area (Å²) in [7, 11) is 0. The zero-order valence-electron chi connectivity index (χ0n) is 12.3. The van der Waals surface area contributed by atoms with Crippen LogP contribution in [0, 0.1) is 6.92 Å². The summed E-state index contributed by atoms with van der Waals surface area (Å²) in [5.74, 6) is 0. The van der Waals surface area contributed by atoms with Gasteiger partial charge in [0.1, 0.15) is 0 Å². The van der Waals surface area contributed by atoms with Crippen LogP contribution in [0.5, 0.6) is 0 Å². The molecule has 0 N–H and O–H groups in total. The van der Waals surface area contributed by atoms with Gasteiger partial charge in [-0.1, -0.05) is 60.3 Å². The van der Waals surface area contributed by atoms with Gasteiger partial charge in [-0.15, -0.1) is 0 Å². The lowest BCUT2D eigenvalue weighted by Gasteiger charge is -2.10. The van der Waals surface area contributed by atoms with Crippen LogP contribution in [0.1, 0.15) is 15.9 Å². The normalized spacial score (nSPS) is 10.4. The van der Waals surface area contributed by atoms with E-state index in [1.165, 1.54) is 10.5 Å². The Balaban J connectivity index is 2.01. The molecule has 0 amide bonds. The van der Waals surface area contributed by atoms with E-state index in [2.05, 4.69) is 25.1 Å². The number of rotatable bonds is 4. The first kappa shape index (κ1) is 14.6. The van der Waals surface area contributed by atoms with Gasteiger partial charge in [0, 0.05) is 15.4 Å². The lowest BCUT2D eigenvalue weighted by Crippen LogP contribution is -1.88. The topological polar surface area (TPSA) is 17.1 Å².